The summed E-state index contributed by atoms with van der Waals surface area (Å²) >= 11 is 0. The molecule has 0 aliphatic carbocycles. The Morgan fingerprint density at radius 3 is 2.44 bits per heavy atom. The number of nitrogens with zero attached hydrogens (tertiary/aromatic N) is 2. The molecule has 4 rings (SSSR count). The molecule has 0 fully saturated rings. The Morgan fingerprint density at radius 2 is 1.70 bits per heavy atom. The molecule has 1 amide bonds. The van der Waals surface area contributed by atoms with Gasteiger partial charge in [0, 0.05) is 23.5 Å². The third-order valence-corrected chi connectivity index (χ3v) is 4.34. The van der Waals surface area contributed by atoms with Crippen molar-refractivity contribution in [2.24, 2.45) is 0 Å². The van der Waals surface area contributed by atoms with Crippen molar-refractivity contribution < 1.29 is 4.79 Å². The summed E-state index contributed by atoms with van der Waals surface area (Å²) in [7, 11) is 0. The third kappa shape index (κ3) is 3.22. The number of fused-ring (bicyclic) bond motifs is 1. The van der Waals surface area contributed by atoms with Crippen LogP contribution in [0.1, 0.15) is 15.9 Å². The fourth-order valence-electron chi connectivity index (χ4n) is 2.97. The predicted octanol–water partition coefficient (Wildman–Crippen LogP) is 3.95. The molecule has 2 heterocycles. The first kappa shape index (κ1) is 16.7. The van der Waals surface area contributed by atoms with E-state index in [2.05, 4.69) is 10.3 Å². The molecule has 0 saturated heterocycles. The van der Waals surface area contributed by atoms with E-state index in [1.54, 1.807) is 30.6 Å². The molecule has 0 unspecified atom stereocenters. The molecule has 0 spiro atoms. The smallest absolute Gasteiger partial charge is 0.262 e. The fraction of sp³-hybridized carbons (Fsp3) is 0.0455. The van der Waals surface area contributed by atoms with Gasteiger partial charge in [0.25, 0.3) is 5.91 Å². The van der Waals surface area contributed by atoms with Crippen molar-refractivity contribution in [3.8, 4) is 5.69 Å². The molecule has 4 aromatic rings. The average molecular weight is 355 g/mol. The van der Waals surface area contributed by atoms with Crippen LogP contribution in [0.15, 0.2) is 83.9 Å². The number of aryl methyl sites for hydroxylation is 1. The average Bonchev–Trinajstić information content (AvgIpc) is 2.71. The summed E-state index contributed by atoms with van der Waals surface area (Å²) in [6, 6.07) is 20.4. The van der Waals surface area contributed by atoms with Gasteiger partial charge >= 0.3 is 0 Å². The van der Waals surface area contributed by atoms with Crippen LogP contribution in [0, 0.1) is 6.92 Å². The molecular weight excluding hydrogens is 338 g/mol. The molecule has 0 saturated carbocycles. The van der Waals surface area contributed by atoms with Crippen LogP contribution in [0.25, 0.3) is 16.6 Å². The Morgan fingerprint density at radius 1 is 0.963 bits per heavy atom. The van der Waals surface area contributed by atoms with E-state index in [4.69, 9.17) is 0 Å². The first-order valence-electron chi connectivity index (χ1n) is 8.57. The fourth-order valence-corrected chi connectivity index (χ4v) is 2.97. The lowest BCUT2D eigenvalue weighted by Gasteiger charge is -2.13. The molecule has 2 aromatic heterocycles. The van der Waals surface area contributed by atoms with Crippen LogP contribution in [-0.4, -0.2) is 15.5 Å². The van der Waals surface area contributed by atoms with Gasteiger partial charge in [-0.15, -0.1) is 0 Å². The lowest BCUT2D eigenvalue weighted by Crippen LogP contribution is -2.24. The van der Waals surface area contributed by atoms with E-state index in [0.717, 1.165) is 16.8 Å². The van der Waals surface area contributed by atoms with Gasteiger partial charge in [-0.1, -0.05) is 36.4 Å². The maximum absolute atomic E-state index is 12.9. The normalized spacial score (nSPS) is 10.7. The highest BCUT2D eigenvalue weighted by Gasteiger charge is 2.16. The Labute approximate surface area is 155 Å². The highest BCUT2D eigenvalue weighted by molar-refractivity contribution is 6.05. The van der Waals surface area contributed by atoms with Crippen molar-refractivity contribution in [3.63, 3.8) is 0 Å². The monoisotopic (exact) mass is 355 g/mol. The van der Waals surface area contributed by atoms with Crippen molar-refractivity contribution in [2.75, 3.05) is 5.32 Å². The Kier molecular flexibility index (Phi) is 4.26. The molecule has 0 aliphatic rings. The summed E-state index contributed by atoms with van der Waals surface area (Å²) in [6.45, 7) is 1.92. The molecule has 0 bridgehead atoms. The van der Waals surface area contributed by atoms with Gasteiger partial charge in [-0.25, -0.2) is 4.98 Å². The van der Waals surface area contributed by atoms with Crippen LogP contribution in [0.3, 0.4) is 0 Å². The van der Waals surface area contributed by atoms with E-state index < -0.39 is 5.91 Å². The standard InChI is InChI=1S/C22H17N3O2/c1-15-11-12-20(23-13-15)24-22(27)18-14-25(16-7-3-2-4-8-16)19-10-6-5-9-17(19)21(18)26/h2-14H,1H3,(H,23,24,27). The molecule has 5 nitrogen and oxygen atoms in total. The number of nitrogens with one attached hydrogen (secondary N) is 1. The lowest BCUT2D eigenvalue weighted by molar-refractivity contribution is 0.102. The predicted molar refractivity (Wildman–Crippen MR) is 106 cm³/mol. The van der Waals surface area contributed by atoms with Crippen molar-refractivity contribution in [1.82, 2.24) is 9.55 Å². The Bertz CT molecular complexity index is 1180. The van der Waals surface area contributed by atoms with Crippen molar-refractivity contribution in [2.45, 2.75) is 6.92 Å². The Hall–Kier alpha value is -3.73. The number of para-hydroxylation sites is 2. The quantitative estimate of drug-likeness (QED) is 0.605. The van der Waals surface area contributed by atoms with Crippen LogP contribution in [0.4, 0.5) is 5.82 Å². The zero-order chi connectivity index (χ0) is 18.8. The van der Waals surface area contributed by atoms with Crippen LogP contribution in [0.5, 0.6) is 0 Å². The number of benzene rings is 2. The number of hydrogen-bond donors (Lipinski definition) is 1. The van der Waals surface area contributed by atoms with Crippen LogP contribution in [-0.2, 0) is 0 Å². The van der Waals surface area contributed by atoms with Crippen LogP contribution >= 0.6 is 0 Å². The van der Waals surface area contributed by atoms with Crippen molar-refractivity contribution in [3.05, 3.63) is 100 Å². The van der Waals surface area contributed by atoms with E-state index >= 15 is 0 Å². The molecule has 2 aromatic carbocycles. The van der Waals surface area contributed by atoms with Crippen molar-refractivity contribution >= 4 is 22.6 Å². The topological polar surface area (TPSA) is 64.0 Å². The van der Waals surface area contributed by atoms with E-state index in [1.807, 2.05) is 60.0 Å². The van der Waals surface area contributed by atoms with Gasteiger partial charge in [0.1, 0.15) is 11.4 Å². The maximum Gasteiger partial charge on any atom is 0.262 e. The minimum absolute atomic E-state index is 0.0694. The van der Waals surface area contributed by atoms with Gasteiger partial charge in [0.15, 0.2) is 0 Å². The summed E-state index contributed by atoms with van der Waals surface area (Å²) in [6.07, 6.45) is 3.25. The number of aromatic nitrogens is 2. The highest BCUT2D eigenvalue weighted by atomic mass is 16.2. The highest BCUT2D eigenvalue weighted by Crippen LogP contribution is 2.18. The van der Waals surface area contributed by atoms with Gasteiger partial charge in [-0.3, -0.25) is 9.59 Å². The van der Waals surface area contributed by atoms with Crippen LogP contribution in [0.2, 0.25) is 0 Å². The number of pyridine rings is 2. The SMILES string of the molecule is Cc1ccc(NC(=O)c2cn(-c3ccccc3)c3ccccc3c2=O)nc1. The first-order chi connectivity index (χ1) is 13.1. The van der Waals surface area contributed by atoms with E-state index in [1.165, 1.54) is 0 Å². The van der Waals surface area contributed by atoms with Crippen molar-refractivity contribution in [1.29, 1.82) is 0 Å². The second kappa shape index (κ2) is 6.88. The van der Waals surface area contributed by atoms with Gasteiger partial charge in [-0.2, -0.15) is 0 Å². The largest absolute Gasteiger partial charge is 0.315 e. The number of amides is 1. The van der Waals surface area contributed by atoms with Crippen LogP contribution < -0.4 is 10.7 Å². The second-order valence-corrected chi connectivity index (χ2v) is 6.27. The summed E-state index contributed by atoms with van der Waals surface area (Å²) in [5.41, 5.74) is 2.38. The number of carbonyl (C=O) groups is 1. The Balaban J connectivity index is 1.85. The first-order valence-corrected chi connectivity index (χ1v) is 8.57. The second-order valence-electron chi connectivity index (χ2n) is 6.27. The minimum atomic E-state index is -0.480. The molecule has 1 N–H and O–H groups in total. The van der Waals surface area contributed by atoms with Gasteiger partial charge in [0.05, 0.1) is 5.52 Å². The number of carbonyl (C=O) groups excluding carboxylic acids is 1. The van der Waals surface area contributed by atoms with E-state index in [9.17, 15) is 9.59 Å². The maximum atomic E-state index is 12.9. The minimum Gasteiger partial charge on any atom is -0.315 e. The van der Waals surface area contributed by atoms with Gasteiger partial charge < -0.3 is 9.88 Å². The molecule has 0 atom stereocenters. The molecule has 132 valence electrons. The number of hydrogen-bond acceptors (Lipinski definition) is 3. The summed E-state index contributed by atoms with van der Waals surface area (Å²) in [5.74, 6) is -0.0730. The third-order valence-electron chi connectivity index (χ3n) is 4.34. The molecule has 0 aliphatic heterocycles. The number of rotatable bonds is 3. The summed E-state index contributed by atoms with van der Waals surface area (Å²) in [4.78, 5) is 29.9. The zero-order valence-corrected chi connectivity index (χ0v) is 14.7. The molecular formula is C22H17N3O2. The number of anilines is 1. The van der Waals surface area contributed by atoms with E-state index in [0.29, 0.717) is 11.2 Å². The summed E-state index contributed by atoms with van der Waals surface area (Å²) in [5, 5.41) is 3.20. The zero-order valence-electron chi connectivity index (χ0n) is 14.7. The summed E-state index contributed by atoms with van der Waals surface area (Å²) < 4.78 is 1.86. The van der Waals surface area contributed by atoms with E-state index in [-0.39, 0.29) is 11.0 Å². The lowest BCUT2D eigenvalue weighted by atomic mass is 10.1. The molecule has 5 heteroatoms. The van der Waals surface area contributed by atoms with Gasteiger partial charge in [-0.05, 0) is 42.8 Å². The van der Waals surface area contributed by atoms with Gasteiger partial charge in [0.2, 0.25) is 5.43 Å². The molecule has 27 heavy (non-hydrogen) atoms. The molecule has 0 radical (unpaired) electrons.